The fourth-order valence-electron chi connectivity index (χ4n) is 1.73. The number of aromatic carboxylic acids is 1. The van der Waals surface area contributed by atoms with Crippen molar-refractivity contribution in [3.63, 3.8) is 0 Å². The summed E-state index contributed by atoms with van der Waals surface area (Å²) in [7, 11) is 0. The standard InChI is InChI=1S/C13H19NO4.ClH/c1-7-4-8(11(14)13(2,3)6-15)10(16)9(5-7)12(17)18;/h4-5,11,15-16H,6,14H2,1-3H3,(H,17,18);1H/t11-;/m0./s1. The lowest BCUT2D eigenvalue weighted by Crippen LogP contribution is -2.32. The highest BCUT2D eigenvalue weighted by Crippen LogP contribution is 2.37. The van der Waals surface area contributed by atoms with Crippen molar-refractivity contribution >= 4 is 18.4 Å². The van der Waals surface area contributed by atoms with Gasteiger partial charge in [-0.3, -0.25) is 0 Å². The van der Waals surface area contributed by atoms with Crippen molar-refractivity contribution in [1.29, 1.82) is 0 Å². The molecule has 5 nitrogen and oxygen atoms in total. The van der Waals surface area contributed by atoms with Crippen LogP contribution in [0.1, 0.15) is 41.4 Å². The number of nitrogens with two attached hydrogens (primary N) is 1. The molecule has 0 saturated heterocycles. The maximum atomic E-state index is 11.0. The number of rotatable bonds is 4. The van der Waals surface area contributed by atoms with E-state index in [1.54, 1.807) is 26.8 Å². The van der Waals surface area contributed by atoms with E-state index in [9.17, 15) is 15.0 Å². The van der Waals surface area contributed by atoms with Gasteiger partial charge in [-0.25, -0.2) is 4.79 Å². The summed E-state index contributed by atoms with van der Waals surface area (Å²) in [6.45, 7) is 5.07. The van der Waals surface area contributed by atoms with Crippen LogP contribution in [0.25, 0.3) is 0 Å². The molecule has 1 rings (SSSR count). The van der Waals surface area contributed by atoms with Gasteiger partial charge in [0.25, 0.3) is 0 Å². The Bertz CT molecular complexity index is 474. The number of hydrogen-bond acceptors (Lipinski definition) is 4. The van der Waals surface area contributed by atoms with Gasteiger partial charge in [-0.2, -0.15) is 0 Å². The van der Waals surface area contributed by atoms with E-state index in [1.165, 1.54) is 6.07 Å². The minimum Gasteiger partial charge on any atom is -0.507 e. The van der Waals surface area contributed by atoms with E-state index in [2.05, 4.69) is 0 Å². The summed E-state index contributed by atoms with van der Waals surface area (Å²) in [5, 5.41) is 28.3. The Hall–Kier alpha value is -1.30. The summed E-state index contributed by atoms with van der Waals surface area (Å²) in [6, 6.07) is 2.38. The summed E-state index contributed by atoms with van der Waals surface area (Å²) in [4.78, 5) is 11.0. The number of aromatic hydroxyl groups is 1. The number of aryl methyl sites for hydroxylation is 1. The Morgan fingerprint density at radius 2 is 1.95 bits per heavy atom. The molecule has 0 saturated carbocycles. The molecule has 0 amide bonds. The van der Waals surface area contributed by atoms with Crippen LogP contribution in [-0.4, -0.2) is 27.9 Å². The van der Waals surface area contributed by atoms with E-state index in [4.69, 9.17) is 10.8 Å². The Labute approximate surface area is 118 Å². The van der Waals surface area contributed by atoms with Crippen molar-refractivity contribution in [3.8, 4) is 5.75 Å². The number of carbonyl (C=O) groups is 1. The molecule has 1 atom stereocenters. The molecule has 19 heavy (non-hydrogen) atoms. The summed E-state index contributed by atoms with van der Waals surface area (Å²) < 4.78 is 0. The number of carboxylic acids is 1. The highest BCUT2D eigenvalue weighted by atomic mass is 35.5. The smallest absolute Gasteiger partial charge is 0.339 e. The molecule has 0 fully saturated rings. The Morgan fingerprint density at radius 1 is 1.42 bits per heavy atom. The minimum absolute atomic E-state index is 0. The maximum absolute atomic E-state index is 11.0. The molecule has 0 aliphatic rings. The first-order valence-electron chi connectivity index (χ1n) is 5.64. The first kappa shape index (κ1) is 17.7. The summed E-state index contributed by atoms with van der Waals surface area (Å²) >= 11 is 0. The summed E-state index contributed by atoms with van der Waals surface area (Å²) in [6.07, 6.45) is 0. The lowest BCUT2D eigenvalue weighted by molar-refractivity contribution is 0.0693. The number of aliphatic hydroxyl groups is 1. The second-order valence-electron chi connectivity index (χ2n) is 5.18. The Morgan fingerprint density at radius 3 is 2.37 bits per heavy atom. The molecule has 0 bridgehead atoms. The van der Waals surface area contributed by atoms with Crippen LogP contribution in [0.15, 0.2) is 12.1 Å². The summed E-state index contributed by atoms with van der Waals surface area (Å²) in [5.41, 5.74) is 6.22. The number of benzene rings is 1. The Balaban J connectivity index is 0.00000324. The lowest BCUT2D eigenvalue weighted by Gasteiger charge is -2.30. The van der Waals surface area contributed by atoms with Crippen molar-refractivity contribution in [2.75, 3.05) is 6.61 Å². The zero-order valence-electron chi connectivity index (χ0n) is 11.2. The normalized spacial score (nSPS) is 12.7. The fraction of sp³-hybridized carbons (Fsp3) is 0.462. The van der Waals surface area contributed by atoms with Crippen molar-refractivity contribution in [3.05, 3.63) is 28.8 Å². The third-order valence-corrected chi connectivity index (χ3v) is 3.10. The van der Waals surface area contributed by atoms with Gasteiger partial charge in [-0.1, -0.05) is 19.9 Å². The van der Waals surface area contributed by atoms with Gasteiger partial charge in [0.15, 0.2) is 0 Å². The van der Waals surface area contributed by atoms with Crippen molar-refractivity contribution in [2.45, 2.75) is 26.8 Å². The summed E-state index contributed by atoms with van der Waals surface area (Å²) in [5.74, 6) is -1.53. The van der Waals surface area contributed by atoms with Crippen LogP contribution in [-0.2, 0) is 0 Å². The topological polar surface area (TPSA) is 104 Å². The predicted molar refractivity (Wildman–Crippen MR) is 74.8 cm³/mol. The molecule has 0 radical (unpaired) electrons. The van der Waals surface area contributed by atoms with E-state index >= 15 is 0 Å². The van der Waals surface area contributed by atoms with Crippen molar-refractivity contribution in [1.82, 2.24) is 0 Å². The highest BCUT2D eigenvalue weighted by Gasteiger charge is 2.30. The minimum atomic E-state index is -1.20. The van der Waals surface area contributed by atoms with E-state index in [0.717, 1.165) is 0 Å². The van der Waals surface area contributed by atoms with Gasteiger partial charge in [0.2, 0.25) is 0 Å². The van der Waals surface area contributed by atoms with Crippen molar-refractivity contribution in [2.24, 2.45) is 11.1 Å². The zero-order chi connectivity index (χ0) is 14.1. The van der Waals surface area contributed by atoms with Gasteiger partial charge in [0, 0.05) is 23.6 Å². The van der Waals surface area contributed by atoms with Gasteiger partial charge >= 0.3 is 5.97 Å². The number of hydrogen-bond donors (Lipinski definition) is 4. The Kier molecular flexibility index (Phi) is 5.81. The monoisotopic (exact) mass is 289 g/mol. The maximum Gasteiger partial charge on any atom is 0.339 e. The average Bonchev–Trinajstić information content (AvgIpc) is 2.30. The third-order valence-electron chi connectivity index (χ3n) is 3.10. The number of phenols is 1. The van der Waals surface area contributed by atoms with Gasteiger partial charge in [-0.05, 0) is 18.6 Å². The van der Waals surface area contributed by atoms with Crippen LogP contribution >= 0.6 is 12.4 Å². The van der Waals surface area contributed by atoms with E-state index in [0.29, 0.717) is 11.1 Å². The predicted octanol–water partition coefficient (Wildman–Crippen LogP) is 1.84. The van der Waals surface area contributed by atoms with Gasteiger partial charge < -0.3 is 21.1 Å². The van der Waals surface area contributed by atoms with E-state index in [1.807, 2.05) is 0 Å². The molecule has 1 aromatic rings. The largest absolute Gasteiger partial charge is 0.507 e. The highest BCUT2D eigenvalue weighted by molar-refractivity contribution is 5.91. The SMILES string of the molecule is Cc1cc(C(=O)O)c(O)c([C@H](N)C(C)(C)CO)c1.Cl. The molecule has 0 unspecified atom stereocenters. The van der Waals surface area contributed by atoms with Gasteiger partial charge in [0.1, 0.15) is 11.3 Å². The number of halogens is 1. The first-order valence-corrected chi connectivity index (χ1v) is 5.64. The second kappa shape index (κ2) is 6.23. The third kappa shape index (κ3) is 3.59. The number of carboxylic acid groups (broad SMARTS) is 1. The molecule has 1 aromatic carbocycles. The second-order valence-corrected chi connectivity index (χ2v) is 5.18. The van der Waals surface area contributed by atoms with Crippen LogP contribution in [0, 0.1) is 12.3 Å². The molecule has 0 spiro atoms. The van der Waals surface area contributed by atoms with E-state index < -0.39 is 17.4 Å². The van der Waals surface area contributed by atoms with Crippen LogP contribution in [0.3, 0.4) is 0 Å². The molecule has 5 N–H and O–H groups in total. The molecule has 0 heterocycles. The molecule has 0 aliphatic carbocycles. The lowest BCUT2D eigenvalue weighted by atomic mass is 9.80. The molecular weight excluding hydrogens is 270 g/mol. The molecule has 0 aromatic heterocycles. The van der Waals surface area contributed by atoms with Crippen LogP contribution in [0.5, 0.6) is 5.75 Å². The molecular formula is C13H20ClNO4. The molecule has 6 heteroatoms. The van der Waals surface area contributed by atoms with Gasteiger partial charge in [-0.15, -0.1) is 12.4 Å². The fourth-order valence-corrected chi connectivity index (χ4v) is 1.73. The zero-order valence-corrected chi connectivity index (χ0v) is 12.0. The van der Waals surface area contributed by atoms with Crippen LogP contribution < -0.4 is 5.73 Å². The molecule has 108 valence electrons. The first-order chi connectivity index (χ1) is 8.20. The van der Waals surface area contributed by atoms with Crippen LogP contribution in [0.4, 0.5) is 0 Å². The van der Waals surface area contributed by atoms with Crippen molar-refractivity contribution < 1.29 is 20.1 Å². The quantitative estimate of drug-likeness (QED) is 0.677. The number of aliphatic hydroxyl groups excluding tert-OH is 1. The molecule has 0 aliphatic heterocycles. The van der Waals surface area contributed by atoms with Gasteiger partial charge in [0.05, 0.1) is 0 Å². The van der Waals surface area contributed by atoms with E-state index in [-0.39, 0.29) is 30.3 Å². The average molecular weight is 290 g/mol. The van der Waals surface area contributed by atoms with Crippen LogP contribution in [0.2, 0.25) is 0 Å².